The highest BCUT2D eigenvalue weighted by atomic mass is 16.5. The molecule has 2 rings (SSSR count). The van der Waals surface area contributed by atoms with Crippen LogP contribution in [0.5, 0.6) is 5.75 Å². The van der Waals surface area contributed by atoms with Crippen LogP contribution in [0, 0.1) is 6.92 Å². The van der Waals surface area contributed by atoms with Gasteiger partial charge in [0.15, 0.2) is 5.82 Å². The zero-order chi connectivity index (χ0) is 15.2. The number of hydrogen-bond acceptors (Lipinski definition) is 4. The van der Waals surface area contributed by atoms with Crippen molar-refractivity contribution in [3.63, 3.8) is 0 Å². The molecule has 0 radical (unpaired) electrons. The molecule has 2 amide bonds. The quantitative estimate of drug-likeness (QED) is 0.789. The Kier molecular flexibility index (Phi) is 4.81. The summed E-state index contributed by atoms with van der Waals surface area (Å²) in [5, 5.41) is 18.4. The first-order chi connectivity index (χ1) is 10.0. The van der Waals surface area contributed by atoms with E-state index < -0.39 is 0 Å². The van der Waals surface area contributed by atoms with Crippen LogP contribution in [0.1, 0.15) is 24.7 Å². The van der Waals surface area contributed by atoms with E-state index in [2.05, 4.69) is 15.8 Å². The van der Waals surface area contributed by atoms with E-state index in [1.54, 1.807) is 25.1 Å². The average Bonchev–Trinajstić information content (AvgIpc) is 2.83. The largest absolute Gasteiger partial charge is 0.508 e. The molecular weight excluding hydrogens is 270 g/mol. The number of nitrogens with one attached hydrogen (secondary N) is 2. The van der Waals surface area contributed by atoms with E-state index >= 15 is 0 Å². The lowest BCUT2D eigenvalue weighted by Gasteiger charge is -2.13. The first-order valence-electron chi connectivity index (χ1n) is 6.81. The Labute approximate surface area is 123 Å². The van der Waals surface area contributed by atoms with Gasteiger partial charge in [-0.05, 0) is 44.4 Å². The fraction of sp³-hybridized carbons (Fsp3) is 0.333. The van der Waals surface area contributed by atoms with Crippen LogP contribution in [-0.2, 0) is 6.42 Å². The van der Waals surface area contributed by atoms with Crippen molar-refractivity contribution in [1.82, 2.24) is 10.5 Å². The van der Waals surface area contributed by atoms with Crippen molar-refractivity contribution in [2.45, 2.75) is 32.7 Å². The first kappa shape index (κ1) is 14.9. The number of hydrogen-bond donors (Lipinski definition) is 3. The molecule has 1 aromatic heterocycles. The van der Waals surface area contributed by atoms with Crippen molar-refractivity contribution < 1.29 is 14.4 Å². The van der Waals surface area contributed by atoms with Crippen molar-refractivity contribution in [3.8, 4) is 5.75 Å². The maximum absolute atomic E-state index is 11.8. The molecule has 0 bridgehead atoms. The van der Waals surface area contributed by atoms with E-state index in [0.717, 1.165) is 18.4 Å². The van der Waals surface area contributed by atoms with Crippen LogP contribution >= 0.6 is 0 Å². The minimum Gasteiger partial charge on any atom is -0.508 e. The normalized spacial score (nSPS) is 11.9. The highest BCUT2D eigenvalue weighted by Gasteiger charge is 2.09. The predicted molar refractivity (Wildman–Crippen MR) is 79.3 cm³/mol. The molecule has 6 heteroatoms. The number of amides is 2. The molecule has 0 unspecified atom stereocenters. The molecule has 112 valence electrons. The summed E-state index contributed by atoms with van der Waals surface area (Å²) in [6, 6.07) is 8.44. The lowest BCUT2D eigenvalue weighted by molar-refractivity contribution is 0.248. The highest BCUT2D eigenvalue weighted by Crippen LogP contribution is 2.12. The minimum atomic E-state index is -0.304. The molecule has 2 aromatic rings. The minimum absolute atomic E-state index is 0.0202. The number of benzene rings is 1. The van der Waals surface area contributed by atoms with Crippen LogP contribution in [0.15, 0.2) is 34.9 Å². The van der Waals surface area contributed by atoms with Crippen molar-refractivity contribution in [2.24, 2.45) is 0 Å². The van der Waals surface area contributed by atoms with Gasteiger partial charge >= 0.3 is 6.03 Å². The number of phenols is 1. The number of anilines is 1. The molecule has 0 fully saturated rings. The molecule has 3 N–H and O–H groups in total. The Balaban J connectivity index is 1.74. The van der Waals surface area contributed by atoms with Crippen LogP contribution in [0.3, 0.4) is 0 Å². The van der Waals surface area contributed by atoms with Gasteiger partial charge in [-0.3, -0.25) is 5.32 Å². The van der Waals surface area contributed by atoms with E-state index in [0.29, 0.717) is 11.6 Å². The van der Waals surface area contributed by atoms with E-state index in [9.17, 15) is 9.90 Å². The zero-order valence-corrected chi connectivity index (χ0v) is 12.1. The van der Waals surface area contributed by atoms with Gasteiger partial charge in [0.25, 0.3) is 0 Å². The summed E-state index contributed by atoms with van der Waals surface area (Å²) in [5.41, 5.74) is 1.12. The standard InChI is InChI=1S/C15H19N3O3/c1-10(3-4-12-5-7-13(19)8-6-12)16-15(20)17-14-9-11(2)21-18-14/h5-10,19H,3-4H2,1-2H3,(H2,16,17,18,20)/t10-/m1/s1. The van der Waals surface area contributed by atoms with Crippen LogP contribution in [0.4, 0.5) is 10.6 Å². The Bertz CT molecular complexity index is 592. The second-order valence-corrected chi connectivity index (χ2v) is 5.03. The molecule has 0 spiro atoms. The topological polar surface area (TPSA) is 87.4 Å². The molecule has 0 saturated carbocycles. The van der Waals surface area contributed by atoms with Gasteiger partial charge in [-0.25, -0.2) is 4.79 Å². The number of rotatable bonds is 5. The van der Waals surface area contributed by atoms with Crippen LogP contribution in [-0.4, -0.2) is 22.3 Å². The maximum atomic E-state index is 11.8. The highest BCUT2D eigenvalue weighted by molar-refractivity contribution is 5.88. The van der Waals surface area contributed by atoms with Gasteiger partial charge in [0.1, 0.15) is 11.5 Å². The molecule has 0 aliphatic rings. The number of urea groups is 1. The SMILES string of the molecule is Cc1cc(NC(=O)N[C@H](C)CCc2ccc(O)cc2)no1. The molecule has 0 aliphatic heterocycles. The van der Waals surface area contributed by atoms with Gasteiger partial charge in [-0.15, -0.1) is 0 Å². The lowest BCUT2D eigenvalue weighted by atomic mass is 10.1. The van der Waals surface area contributed by atoms with Crippen molar-refractivity contribution in [1.29, 1.82) is 0 Å². The number of aromatic nitrogens is 1. The van der Waals surface area contributed by atoms with E-state index in [4.69, 9.17) is 4.52 Å². The summed E-state index contributed by atoms with van der Waals surface area (Å²) < 4.78 is 4.87. The van der Waals surface area contributed by atoms with E-state index in [1.165, 1.54) is 0 Å². The number of nitrogens with zero attached hydrogens (tertiary/aromatic N) is 1. The summed E-state index contributed by atoms with van der Waals surface area (Å²) in [6.07, 6.45) is 1.63. The van der Waals surface area contributed by atoms with Gasteiger partial charge in [0.2, 0.25) is 0 Å². The monoisotopic (exact) mass is 289 g/mol. The number of aromatic hydroxyl groups is 1. The zero-order valence-electron chi connectivity index (χ0n) is 12.1. The van der Waals surface area contributed by atoms with Gasteiger partial charge in [-0.2, -0.15) is 0 Å². The van der Waals surface area contributed by atoms with Crippen LogP contribution in [0.25, 0.3) is 0 Å². The number of carbonyl (C=O) groups is 1. The second kappa shape index (κ2) is 6.78. The molecule has 1 aromatic carbocycles. The van der Waals surface area contributed by atoms with Gasteiger partial charge < -0.3 is 14.9 Å². The van der Waals surface area contributed by atoms with E-state index in [1.807, 2.05) is 19.1 Å². The Morgan fingerprint density at radius 1 is 1.38 bits per heavy atom. The van der Waals surface area contributed by atoms with Crippen LogP contribution < -0.4 is 10.6 Å². The van der Waals surface area contributed by atoms with Crippen molar-refractivity contribution >= 4 is 11.8 Å². The van der Waals surface area contributed by atoms with Crippen molar-refractivity contribution in [2.75, 3.05) is 5.32 Å². The number of aryl methyl sites for hydroxylation is 2. The fourth-order valence-corrected chi connectivity index (χ4v) is 1.92. The predicted octanol–water partition coefficient (Wildman–Crippen LogP) is 2.83. The maximum Gasteiger partial charge on any atom is 0.320 e. The molecule has 1 heterocycles. The third kappa shape index (κ3) is 4.83. The average molecular weight is 289 g/mol. The summed E-state index contributed by atoms with van der Waals surface area (Å²) in [5.74, 6) is 1.30. The Hall–Kier alpha value is -2.50. The first-order valence-corrected chi connectivity index (χ1v) is 6.81. The van der Waals surface area contributed by atoms with Crippen molar-refractivity contribution in [3.05, 3.63) is 41.7 Å². The second-order valence-electron chi connectivity index (χ2n) is 5.03. The third-order valence-electron chi connectivity index (χ3n) is 3.05. The summed E-state index contributed by atoms with van der Waals surface area (Å²) in [6.45, 7) is 3.70. The number of phenolic OH excluding ortho intramolecular Hbond substituents is 1. The fourth-order valence-electron chi connectivity index (χ4n) is 1.92. The van der Waals surface area contributed by atoms with Gasteiger partial charge in [-0.1, -0.05) is 17.3 Å². The molecule has 6 nitrogen and oxygen atoms in total. The summed E-state index contributed by atoms with van der Waals surface area (Å²) in [7, 11) is 0. The Morgan fingerprint density at radius 3 is 2.71 bits per heavy atom. The smallest absolute Gasteiger partial charge is 0.320 e. The van der Waals surface area contributed by atoms with E-state index in [-0.39, 0.29) is 17.8 Å². The number of carbonyl (C=O) groups excluding carboxylic acids is 1. The summed E-state index contributed by atoms with van der Waals surface area (Å²) in [4.78, 5) is 11.8. The summed E-state index contributed by atoms with van der Waals surface area (Å²) >= 11 is 0. The lowest BCUT2D eigenvalue weighted by Crippen LogP contribution is -2.36. The van der Waals surface area contributed by atoms with Crippen LogP contribution in [0.2, 0.25) is 0 Å². The molecular formula is C15H19N3O3. The van der Waals surface area contributed by atoms with Gasteiger partial charge in [0.05, 0.1) is 0 Å². The molecule has 0 aliphatic carbocycles. The molecule has 1 atom stereocenters. The van der Waals surface area contributed by atoms with Gasteiger partial charge in [0, 0.05) is 12.1 Å². The Morgan fingerprint density at radius 2 is 2.10 bits per heavy atom. The third-order valence-corrected chi connectivity index (χ3v) is 3.05. The molecule has 21 heavy (non-hydrogen) atoms. The molecule has 0 saturated heterocycles.